The predicted octanol–water partition coefficient (Wildman–Crippen LogP) is 2.94. The topological polar surface area (TPSA) is 21.7 Å². The standard InChI is InChI=1S/C12H27NO2SSi/c1-10-8-14-11(7-13(10)16)9-15-17(5,6)12(2,3)4/h10-11,16H,7-9H2,1-6H3. The van der Waals surface area contributed by atoms with Crippen molar-refractivity contribution in [2.24, 2.45) is 0 Å². The number of rotatable bonds is 3. The smallest absolute Gasteiger partial charge is 0.192 e. The maximum atomic E-state index is 6.17. The largest absolute Gasteiger partial charge is 0.414 e. The Kier molecular flexibility index (Phi) is 5.12. The third kappa shape index (κ3) is 4.24. The van der Waals surface area contributed by atoms with Gasteiger partial charge in [0.15, 0.2) is 8.32 Å². The van der Waals surface area contributed by atoms with Crippen molar-refractivity contribution < 1.29 is 9.16 Å². The van der Waals surface area contributed by atoms with E-state index in [9.17, 15) is 0 Å². The van der Waals surface area contributed by atoms with Gasteiger partial charge in [0.05, 0.1) is 19.3 Å². The van der Waals surface area contributed by atoms with Gasteiger partial charge in [0.1, 0.15) is 0 Å². The molecule has 0 aromatic rings. The van der Waals surface area contributed by atoms with Crippen molar-refractivity contribution in [2.75, 3.05) is 19.8 Å². The Morgan fingerprint density at radius 2 is 2.00 bits per heavy atom. The van der Waals surface area contributed by atoms with Crippen LogP contribution in [0.15, 0.2) is 0 Å². The minimum Gasteiger partial charge on any atom is -0.414 e. The molecular weight excluding hydrogens is 250 g/mol. The molecule has 2 unspecified atom stereocenters. The van der Waals surface area contributed by atoms with Gasteiger partial charge in [-0.15, -0.1) is 0 Å². The summed E-state index contributed by atoms with van der Waals surface area (Å²) in [6.07, 6.45) is 0.165. The van der Waals surface area contributed by atoms with Crippen molar-refractivity contribution in [1.82, 2.24) is 4.31 Å². The van der Waals surface area contributed by atoms with Crippen LogP contribution < -0.4 is 0 Å². The molecule has 0 bridgehead atoms. The lowest BCUT2D eigenvalue weighted by Gasteiger charge is -2.39. The normalized spacial score (nSPS) is 28.4. The Hall–Kier alpha value is 0.447. The van der Waals surface area contributed by atoms with Gasteiger partial charge in [0.25, 0.3) is 0 Å². The van der Waals surface area contributed by atoms with Crippen LogP contribution in [0.2, 0.25) is 18.1 Å². The van der Waals surface area contributed by atoms with Crippen LogP contribution in [0.3, 0.4) is 0 Å². The van der Waals surface area contributed by atoms with Gasteiger partial charge in [-0.2, -0.15) is 0 Å². The van der Waals surface area contributed by atoms with Gasteiger partial charge < -0.3 is 9.16 Å². The van der Waals surface area contributed by atoms with Gasteiger partial charge in [-0.05, 0) is 25.1 Å². The molecule has 0 N–H and O–H groups in total. The van der Waals surface area contributed by atoms with Crippen LogP contribution in [-0.2, 0) is 9.16 Å². The van der Waals surface area contributed by atoms with E-state index in [-0.39, 0.29) is 11.1 Å². The number of morpholine rings is 1. The molecule has 102 valence electrons. The van der Waals surface area contributed by atoms with Crippen molar-refractivity contribution in [3.05, 3.63) is 0 Å². The number of ether oxygens (including phenoxy) is 1. The Morgan fingerprint density at radius 1 is 1.41 bits per heavy atom. The Morgan fingerprint density at radius 3 is 2.47 bits per heavy atom. The summed E-state index contributed by atoms with van der Waals surface area (Å²) in [4.78, 5) is 0. The Bertz CT molecular complexity index is 255. The summed E-state index contributed by atoms with van der Waals surface area (Å²) < 4.78 is 14.0. The summed E-state index contributed by atoms with van der Waals surface area (Å²) in [5, 5.41) is 0.260. The second-order valence-electron chi connectivity index (χ2n) is 6.50. The lowest BCUT2D eigenvalue weighted by Crippen LogP contribution is -2.48. The molecule has 0 aromatic carbocycles. The van der Waals surface area contributed by atoms with Gasteiger partial charge in [-0.3, -0.25) is 0 Å². The van der Waals surface area contributed by atoms with Gasteiger partial charge in [0.2, 0.25) is 0 Å². The van der Waals surface area contributed by atoms with E-state index in [1.807, 2.05) is 4.31 Å². The highest BCUT2D eigenvalue weighted by Gasteiger charge is 2.38. The second-order valence-corrected chi connectivity index (χ2v) is 11.8. The fraction of sp³-hybridized carbons (Fsp3) is 1.00. The van der Waals surface area contributed by atoms with E-state index >= 15 is 0 Å². The lowest BCUT2D eigenvalue weighted by atomic mass is 10.2. The van der Waals surface area contributed by atoms with E-state index in [0.29, 0.717) is 12.6 Å². The Balaban J connectivity index is 2.41. The van der Waals surface area contributed by atoms with E-state index in [4.69, 9.17) is 9.16 Å². The first-order chi connectivity index (χ1) is 7.63. The summed E-state index contributed by atoms with van der Waals surface area (Å²) in [6, 6.07) is 0.391. The predicted molar refractivity (Wildman–Crippen MR) is 78.0 cm³/mol. The number of nitrogens with zero attached hydrogens (tertiary/aromatic N) is 1. The number of hydrogen-bond acceptors (Lipinski definition) is 4. The first-order valence-corrected chi connectivity index (χ1v) is 9.65. The average molecular weight is 278 g/mol. The molecule has 1 aliphatic heterocycles. The molecule has 5 heteroatoms. The van der Waals surface area contributed by atoms with Crippen LogP contribution in [-0.4, -0.2) is 44.5 Å². The molecule has 0 spiro atoms. The maximum Gasteiger partial charge on any atom is 0.192 e. The fourth-order valence-corrected chi connectivity index (χ4v) is 2.71. The first kappa shape index (κ1) is 15.5. The highest BCUT2D eigenvalue weighted by Crippen LogP contribution is 2.36. The highest BCUT2D eigenvalue weighted by molar-refractivity contribution is 7.77. The van der Waals surface area contributed by atoms with E-state index in [1.165, 1.54) is 0 Å². The van der Waals surface area contributed by atoms with E-state index in [0.717, 1.165) is 13.2 Å². The zero-order valence-electron chi connectivity index (χ0n) is 12.0. The summed E-state index contributed by atoms with van der Waals surface area (Å²) >= 11 is 4.45. The fourth-order valence-electron chi connectivity index (χ4n) is 1.42. The molecule has 1 aliphatic rings. The minimum absolute atomic E-state index is 0.165. The molecule has 0 radical (unpaired) electrons. The highest BCUT2D eigenvalue weighted by atomic mass is 32.1. The Labute approximate surface area is 113 Å². The minimum atomic E-state index is -1.65. The van der Waals surface area contributed by atoms with Crippen LogP contribution in [0, 0.1) is 0 Å². The van der Waals surface area contributed by atoms with Gasteiger partial charge in [-0.25, -0.2) is 4.31 Å². The van der Waals surface area contributed by atoms with Crippen molar-refractivity contribution >= 4 is 21.1 Å². The second kappa shape index (κ2) is 5.61. The third-order valence-corrected chi connectivity index (χ3v) is 8.97. The quantitative estimate of drug-likeness (QED) is 0.633. The van der Waals surface area contributed by atoms with Gasteiger partial charge in [0, 0.05) is 12.6 Å². The molecule has 0 aliphatic carbocycles. The van der Waals surface area contributed by atoms with Crippen molar-refractivity contribution in [2.45, 2.75) is 58.0 Å². The third-order valence-electron chi connectivity index (χ3n) is 3.91. The zero-order chi connectivity index (χ0) is 13.3. The van der Waals surface area contributed by atoms with E-state index in [1.54, 1.807) is 0 Å². The lowest BCUT2D eigenvalue weighted by molar-refractivity contribution is -0.0456. The van der Waals surface area contributed by atoms with E-state index in [2.05, 4.69) is 53.6 Å². The number of hydrogen-bond donors (Lipinski definition) is 1. The molecular formula is C12H27NO2SSi. The molecule has 1 rings (SSSR count). The van der Waals surface area contributed by atoms with Crippen LogP contribution in [0.1, 0.15) is 27.7 Å². The molecule has 0 aromatic heterocycles. The molecule has 0 amide bonds. The maximum absolute atomic E-state index is 6.17. The monoisotopic (exact) mass is 277 g/mol. The van der Waals surface area contributed by atoms with Crippen LogP contribution in [0.4, 0.5) is 0 Å². The van der Waals surface area contributed by atoms with Crippen molar-refractivity contribution in [3.63, 3.8) is 0 Å². The molecule has 1 fully saturated rings. The first-order valence-electron chi connectivity index (χ1n) is 6.34. The van der Waals surface area contributed by atoms with E-state index < -0.39 is 8.32 Å². The van der Waals surface area contributed by atoms with Crippen LogP contribution in [0.5, 0.6) is 0 Å². The molecule has 0 saturated carbocycles. The summed E-state index contributed by atoms with van der Waals surface area (Å²) in [7, 11) is -1.65. The zero-order valence-corrected chi connectivity index (χ0v) is 13.9. The van der Waals surface area contributed by atoms with Crippen LogP contribution >= 0.6 is 12.8 Å². The van der Waals surface area contributed by atoms with Crippen LogP contribution in [0.25, 0.3) is 0 Å². The molecule has 2 atom stereocenters. The molecule has 1 heterocycles. The van der Waals surface area contributed by atoms with Crippen molar-refractivity contribution in [3.8, 4) is 0 Å². The number of thiol groups is 1. The van der Waals surface area contributed by atoms with Crippen molar-refractivity contribution in [1.29, 1.82) is 0 Å². The molecule has 3 nitrogen and oxygen atoms in total. The summed E-state index contributed by atoms with van der Waals surface area (Å²) in [5.74, 6) is 0. The van der Waals surface area contributed by atoms with Gasteiger partial charge in [-0.1, -0.05) is 33.6 Å². The summed E-state index contributed by atoms with van der Waals surface area (Å²) in [6.45, 7) is 15.7. The molecule has 17 heavy (non-hydrogen) atoms. The average Bonchev–Trinajstić information content (AvgIpc) is 2.18. The summed E-state index contributed by atoms with van der Waals surface area (Å²) in [5.41, 5.74) is 0. The molecule has 1 saturated heterocycles. The SMILES string of the molecule is CC1COC(CO[Si](C)(C)C(C)(C)C)CN1S. The van der Waals surface area contributed by atoms with Gasteiger partial charge >= 0.3 is 0 Å².